The lowest BCUT2D eigenvalue weighted by Crippen LogP contribution is -2.34. The Morgan fingerprint density at radius 3 is 2.20 bits per heavy atom. The molecule has 3 rings (SSSR count). The van der Waals surface area contributed by atoms with Gasteiger partial charge in [-0.05, 0) is 49.7 Å². The largest absolute Gasteiger partial charge is 0.494 e. The number of aliphatic hydroxyl groups is 1. The van der Waals surface area contributed by atoms with Gasteiger partial charge in [0.2, 0.25) is 10.0 Å². The van der Waals surface area contributed by atoms with Gasteiger partial charge in [-0.25, -0.2) is 18.1 Å². The fraction of sp³-hybridized carbons (Fsp3) is 0.424. The summed E-state index contributed by atoms with van der Waals surface area (Å²) in [5, 5.41) is 11.8. The van der Waals surface area contributed by atoms with Gasteiger partial charge in [0.15, 0.2) is 6.61 Å². The first-order valence-electron chi connectivity index (χ1n) is 16.6. The van der Waals surface area contributed by atoms with E-state index in [1.54, 1.807) is 55.6 Å². The Labute approximate surface area is 313 Å². The molecule has 0 heterocycles. The van der Waals surface area contributed by atoms with Crippen molar-refractivity contribution < 1.29 is 61.3 Å². The van der Waals surface area contributed by atoms with E-state index in [1.165, 1.54) is 22.5 Å². The zero-order chi connectivity index (χ0) is 40.3. The number of nitrogens with one attached hydrogen (secondary N) is 1. The highest BCUT2D eigenvalue weighted by molar-refractivity contribution is 7.89. The number of amides is 1. The van der Waals surface area contributed by atoms with Crippen LogP contribution in [0, 0.1) is 0 Å². The minimum atomic E-state index is -5.52. The van der Waals surface area contributed by atoms with Crippen LogP contribution >= 0.6 is 15.2 Å². The molecular weight excluding hydrogens is 768 g/mol. The molecule has 0 aliphatic carbocycles. The first-order chi connectivity index (χ1) is 25.2. The highest BCUT2D eigenvalue weighted by Crippen LogP contribution is 2.68. The Kier molecular flexibility index (Phi) is 15.9. The highest BCUT2D eigenvalue weighted by Gasteiger charge is 2.58. The van der Waals surface area contributed by atoms with E-state index in [4.69, 9.17) is 9.47 Å². The molecule has 0 radical (unpaired) electrons. The number of anilines is 1. The van der Waals surface area contributed by atoms with Crippen LogP contribution in [0.3, 0.4) is 0 Å². The van der Waals surface area contributed by atoms with Crippen LogP contribution in [0.1, 0.15) is 31.2 Å². The van der Waals surface area contributed by atoms with Crippen molar-refractivity contribution in [3.63, 3.8) is 0 Å². The molecule has 0 aromatic heterocycles. The predicted octanol–water partition coefficient (Wildman–Crippen LogP) is 2.09. The van der Waals surface area contributed by atoms with E-state index in [2.05, 4.69) is 10.5 Å². The number of hydrogen-bond donors (Lipinski definition) is 6. The SMILES string of the molecule is CN(CCCOc1cccc(/C=N/NC(=O)COC(=O)CCCN(C)S(=O)(=O)c2cccc3c(N(C)C)cccc23)c1)CCC(O)(P(=O)(O)O)P(=O)(O)O. The molecule has 298 valence electrons. The van der Waals surface area contributed by atoms with Crippen LogP contribution in [0.4, 0.5) is 5.69 Å². The molecule has 3 aromatic carbocycles. The molecule has 0 spiro atoms. The highest BCUT2D eigenvalue weighted by atomic mass is 32.2. The second-order valence-corrected chi connectivity index (χ2v) is 18.6. The Balaban J connectivity index is 1.37. The lowest BCUT2D eigenvalue weighted by atomic mass is 10.1. The molecule has 0 atom stereocenters. The van der Waals surface area contributed by atoms with Gasteiger partial charge >= 0.3 is 21.2 Å². The number of hydrogen-bond acceptors (Lipinski definition) is 12. The summed E-state index contributed by atoms with van der Waals surface area (Å²) in [5.74, 6) is -0.905. The van der Waals surface area contributed by atoms with Crippen molar-refractivity contribution in [2.24, 2.45) is 5.10 Å². The Hall–Kier alpha value is -3.74. The molecule has 3 aromatic rings. The maximum Gasteiger partial charge on any atom is 0.369 e. The normalized spacial score (nSPS) is 12.8. The topological polar surface area (TPSA) is 256 Å². The minimum Gasteiger partial charge on any atom is -0.494 e. The van der Waals surface area contributed by atoms with E-state index in [9.17, 15) is 51.8 Å². The summed E-state index contributed by atoms with van der Waals surface area (Å²) in [5.41, 5.74) is 3.70. The van der Waals surface area contributed by atoms with Crippen molar-refractivity contribution in [2.75, 3.05) is 65.9 Å². The van der Waals surface area contributed by atoms with Crippen LogP contribution in [-0.2, 0) is 33.5 Å². The van der Waals surface area contributed by atoms with Gasteiger partial charge in [0.05, 0.1) is 17.7 Å². The van der Waals surface area contributed by atoms with Crippen LogP contribution in [0.25, 0.3) is 10.8 Å². The van der Waals surface area contributed by atoms with E-state index in [1.807, 2.05) is 31.1 Å². The smallest absolute Gasteiger partial charge is 0.369 e. The van der Waals surface area contributed by atoms with Gasteiger partial charge in [0, 0.05) is 70.1 Å². The number of hydrazone groups is 1. The van der Waals surface area contributed by atoms with Gasteiger partial charge in [-0.1, -0.05) is 36.4 Å². The van der Waals surface area contributed by atoms with E-state index < -0.39 is 55.2 Å². The second-order valence-electron chi connectivity index (χ2n) is 12.6. The Bertz CT molecular complexity index is 1980. The summed E-state index contributed by atoms with van der Waals surface area (Å²) in [6.07, 6.45) is 0.970. The van der Waals surface area contributed by atoms with Crippen molar-refractivity contribution in [3.8, 4) is 5.75 Å². The standard InChI is InChI=1S/C33H47N5O13P2S/c1-36(2)29-14-6-13-28-27(29)12-7-15-30(28)54(48,49)38(4)19-8-16-32(40)51-24-31(39)35-34-23-25-10-5-11-26(22-25)50-21-9-18-37(3)20-17-33(41,52(42,43)44)53(45,46)47/h5-7,10-15,22-23,41H,8-9,16-21,24H2,1-4H3,(H,35,39)(H2,42,43,44)(H2,45,46,47)/b34-23+. The van der Waals surface area contributed by atoms with E-state index >= 15 is 0 Å². The Morgan fingerprint density at radius 2 is 1.54 bits per heavy atom. The zero-order valence-electron chi connectivity index (χ0n) is 30.3. The summed E-state index contributed by atoms with van der Waals surface area (Å²) in [7, 11) is -8.16. The van der Waals surface area contributed by atoms with Gasteiger partial charge in [0.1, 0.15) is 5.75 Å². The number of benzene rings is 3. The quantitative estimate of drug-likeness (QED) is 0.0296. The number of carbonyl (C=O) groups is 2. The second kappa shape index (κ2) is 19.2. The number of fused-ring (bicyclic) bond motifs is 1. The molecule has 0 bridgehead atoms. The average Bonchev–Trinajstić information content (AvgIpc) is 3.10. The number of carbonyl (C=O) groups excluding carboxylic acids is 2. The number of ether oxygens (including phenoxy) is 2. The first kappa shape index (κ1) is 44.7. The third-order valence-electron chi connectivity index (χ3n) is 8.22. The van der Waals surface area contributed by atoms with Gasteiger partial charge in [-0.3, -0.25) is 18.7 Å². The van der Waals surface area contributed by atoms with Crippen LogP contribution in [-0.4, -0.2) is 127 Å². The minimum absolute atomic E-state index is 0.0480. The van der Waals surface area contributed by atoms with Gasteiger partial charge in [-0.15, -0.1) is 0 Å². The molecule has 54 heavy (non-hydrogen) atoms. The summed E-state index contributed by atoms with van der Waals surface area (Å²) in [6, 6.07) is 17.3. The molecule has 0 aliphatic heterocycles. The molecule has 0 aliphatic rings. The number of rotatable bonds is 21. The summed E-state index contributed by atoms with van der Waals surface area (Å²) >= 11 is 0. The third kappa shape index (κ3) is 12.1. The molecule has 1 amide bonds. The van der Waals surface area contributed by atoms with Gasteiger partial charge < -0.3 is 44.0 Å². The van der Waals surface area contributed by atoms with Crippen LogP contribution in [0.2, 0.25) is 0 Å². The lowest BCUT2D eigenvalue weighted by molar-refractivity contribution is -0.148. The van der Waals surface area contributed by atoms with Crippen molar-refractivity contribution >= 4 is 59.8 Å². The molecule has 0 saturated carbocycles. The molecular formula is C33H47N5O13P2S. The van der Waals surface area contributed by atoms with Crippen molar-refractivity contribution in [1.82, 2.24) is 14.6 Å². The van der Waals surface area contributed by atoms with E-state index in [-0.39, 0.29) is 37.4 Å². The lowest BCUT2D eigenvalue weighted by Gasteiger charge is -2.30. The van der Waals surface area contributed by atoms with Crippen molar-refractivity contribution in [2.45, 2.75) is 35.7 Å². The van der Waals surface area contributed by atoms with Gasteiger partial charge in [-0.2, -0.15) is 5.10 Å². The van der Waals surface area contributed by atoms with Gasteiger partial charge in [0.25, 0.3) is 11.0 Å². The fourth-order valence-corrected chi connectivity index (χ4v) is 8.72. The van der Waals surface area contributed by atoms with Crippen LogP contribution < -0.4 is 15.1 Å². The predicted molar refractivity (Wildman–Crippen MR) is 202 cm³/mol. The van der Waals surface area contributed by atoms with E-state index in [0.717, 1.165) is 11.1 Å². The summed E-state index contributed by atoms with van der Waals surface area (Å²) < 4.78 is 61.7. The van der Waals surface area contributed by atoms with Crippen LogP contribution in [0.5, 0.6) is 5.75 Å². The fourth-order valence-electron chi connectivity index (χ4n) is 5.17. The zero-order valence-corrected chi connectivity index (χ0v) is 32.9. The Morgan fingerprint density at radius 1 is 0.889 bits per heavy atom. The molecule has 0 unspecified atom stereocenters. The first-order valence-corrected chi connectivity index (χ1v) is 21.2. The monoisotopic (exact) mass is 815 g/mol. The maximum absolute atomic E-state index is 13.4. The molecule has 6 N–H and O–H groups in total. The van der Waals surface area contributed by atoms with Crippen molar-refractivity contribution in [1.29, 1.82) is 0 Å². The average molecular weight is 816 g/mol. The maximum atomic E-state index is 13.4. The molecule has 0 fully saturated rings. The summed E-state index contributed by atoms with van der Waals surface area (Å²) in [6.45, 7) is -0.225. The summed E-state index contributed by atoms with van der Waals surface area (Å²) in [4.78, 5) is 65.0. The van der Waals surface area contributed by atoms with E-state index in [0.29, 0.717) is 29.7 Å². The molecule has 21 heteroatoms. The van der Waals surface area contributed by atoms with Crippen LogP contribution in [0.15, 0.2) is 70.7 Å². The number of nitrogens with zero attached hydrogens (tertiary/aromatic N) is 4. The molecule has 0 saturated heterocycles. The number of sulfonamides is 1. The number of esters is 1. The van der Waals surface area contributed by atoms with Crippen molar-refractivity contribution in [3.05, 3.63) is 66.2 Å². The molecule has 18 nitrogen and oxygen atoms in total. The third-order valence-corrected chi connectivity index (χ3v) is 14.0.